The van der Waals surface area contributed by atoms with Crippen molar-refractivity contribution >= 4 is 16.5 Å². The molecule has 4 heteroatoms. The third-order valence-corrected chi connectivity index (χ3v) is 4.05. The van der Waals surface area contributed by atoms with Crippen LogP contribution in [0.25, 0.3) is 0 Å². The number of benzene rings is 1. The van der Waals surface area contributed by atoms with Gasteiger partial charge in [0, 0.05) is 6.54 Å². The second kappa shape index (κ2) is 5.48. The number of anilines is 1. The van der Waals surface area contributed by atoms with E-state index in [1.165, 1.54) is 22.3 Å². The molecule has 2 aromatic rings. The summed E-state index contributed by atoms with van der Waals surface area (Å²) in [6.07, 6.45) is 0.946. The van der Waals surface area contributed by atoms with Gasteiger partial charge in [-0.2, -0.15) is 0 Å². The van der Waals surface area contributed by atoms with Gasteiger partial charge in [-0.1, -0.05) is 36.0 Å². The van der Waals surface area contributed by atoms with Crippen molar-refractivity contribution in [2.75, 3.05) is 5.32 Å². The van der Waals surface area contributed by atoms with Crippen LogP contribution in [0, 0.1) is 20.8 Å². The molecule has 0 spiro atoms. The molecule has 0 fully saturated rings. The minimum atomic E-state index is 0.816. The molecule has 0 bridgehead atoms. The van der Waals surface area contributed by atoms with Crippen molar-refractivity contribution in [2.45, 2.75) is 40.7 Å². The van der Waals surface area contributed by atoms with Crippen LogP contribution in [0.4, 0.5) is 5.13 Å². The summed E-state index contributed by atoms with van der Waals surface area (Å²) in [5.41, 5.74) is 5.34. The largest absolute Gasteiger partial charge is 0.356 e. The van der Waals surface area contributed by atoms with Gasteiger partial charge in [-0.25, -0.2) is 0 Å². The maximum atomic E-state index is 4.14. The van der Waals surface area contributed by atoms with Gasteiger partial charge >= 0.3 is 0 Å². The van der Waals surface area contributed by atoms with Gasteiger partial charge in [0.15, 0.2) is 0 Å². The summed E-state index contributed by atoms with van der Waals surface area (Å²) >= 11 is 1.63. The lowest BCUT2D eigenvalue weighted by molar-refractivity contribution is 0.972. The highest BCUT2D eigenvalue weighted by atomic mass is 32.1. The molecule has 0 saturated carbocycles. The third kappa shape index (κ3) is 2.88. The molecular formula is C14H19N3S. The fraction of sp³-hybridized carbons (Fsp3) is 0.429. The van der Waals surface area contributed by atoms with Crippen molar-refractivity contribution in [3.63, 3.8) is 0 Å². The van der Waals surface area contributed by atoms with E-state index in [9.17, 15) is 0 Å². The molecule has 0 aliphatic rings. The predicted molar refractivity (Wildman–Crippen MR) is 77.3 cm³/mol. The molecular weight excluding hydrogens is 242 g/mol. The van der Waals surface area contributed by atoms with Gasteiger partial charge in [0.05, 0.1) is 0 Å². The molecule has 1 N–H and O–H groups in total. The summed E-state index contributed by atoms with van der Waals surface area (Å²) in [6.45, 7) is 9.37. The highest BCUT2D eigenvalue weighted by Gasteiger charge is 2.06. The summed E-state index contributed by atoms with van der Waals surface area (Å²) in [7, 11) is 0. The Morgan fingerprint density at radius 3 is 2.33 bits per heavy atom. The van der Waals surface area contributed by atoms with Crippen molar-refractivity contribution in [3.8, 4) is 0 Å². The smallest absolute Gasteiger partial charge is 0.205 e. The zero-order valence-electron chi connectivity index (χ0n) is 11.4. The van der Waals surface area contributed by atoms with E-state index in [-0.39, 0.29) is 0 Å². The highest BCUT2D eigenvalue weighted by Crippen LogP contribution is 2.20. The van der Waals surface area contributed by atoms with Gasteiger partial charge in [-0.3, -0.25) is 0 Å². The van der Waals surface area contributed by atoms with Crippen molar-refractivity contribution in [2.24, 2.45) is 0 Å². The van der Waals surface area contributed by atoms with E-state index < -0.39 is 0 Å². The van der Waals surface area contributed by atoms with Crippen molar-refractivity contribution in [3.05, 3.63) is 39.4 Å². The monoisotopic (exact) mass is 261 g/mol. The second-order valence-corrected chi connectivity index (χ2v) is 5.65. The van der Waals surface area contributed by atoms with E-state index in [4.69, 9.17) is 0 Å². The number of nitrogens with zero attached hydrogens (tertiary/aromatic N) is 2. The molecule has 0 radical (unpaired) electrons. The normalized spacial score (nSPS) is 10.7. The fourth-order valence-corrected chi connectivity index (χ4v) is 2.80. The summed E-state index contributed by atoms with van der Waals surface area (Å²) in [4.78, 5) is 0. The van der Waals surface area contributed by atoms with Gasteiger partial charge in [0.1, 0.15) is 5.01 Å². The average Bonchev–Trinajstić information content (AvgIpc) is 2.75. The first-order valence-electron chi connectivity index (χ1n) is 6.23. The maximum absolute atomic E-state index is 4.14. The van der Waals surface area contributed by atoms with Crippen LogP contribution in [0.2, 0.25) is 0 Å². The first-order chi connectivity index (χ1) is 8.60. The molecule has 1 aromatic heterocycles. The van der Waals surface area contributed by atoms with Crippen LogP contribution < -0.4 is 5.32 Å². The summed E-state index contributed by atoms with van der Waals surface area (Å²) in [5, 5.41) is 13.6. The molecule has 96 valence electrons. The SMILES string of the molecule is CCc1nnc(NCc2c(C)cc(C)cc2C)s1. The first kappa shape index (κ1) is 13.0. The molecule has 3 nitrogen and oxygen atoms in total. The van der Waals surface area contributed by atoms with Crippen LogP contribution in [0.1, 0.15) is 34.2 Å². The molecule has 18 heavy (non-hydrogen) atoms. The van der Waals surface area contributed by atoms with E-state index in [1.807, 2.05) is 0 Å². The Bertz CT molecular complexity index is 523. The number of rotatable bonds is 4. The highest BCUT2D eigenvalue weighted by molar-refractivity contribution is 7.15. The molecule has 1 aromatic carbocycles. The van der Waals surface area contributed by atoms with Crippen LogP contribution in [0.3, 0.4) is 0 Å². The lowest BCUT2D eigenvalue weighted by Gasteiger charge is -2.11. The summed E-state index contributed by atoms with van der Waals surface area (Å²) in [5.74, 6) is 0. The molecule has 0 atom stereocenters. The lowest BCUT2D eigenvalue weighted by atomic mass is 10.00. The van der Waals surface area contributed by atoms with E-state index in [1.54, 1.807) is 11.3 Å². The number of aromatic nitrogens is 2. The Balaban J connectivity index is 2.10. The van der Waals surface area contributed by atoms with Crippen molar-refractivity contribution < 1.29 is 0 Å². The molecule has 0 amide bonds. The molecule has 0 saturated heterocycles. The van der Waals surface area contributed by atoms with E-state index in [0.29, 0.717) is 0 Å². The number of aryl methyl sites for hydroxylation is 4. The maximum Gasteiger partial charge on any atom is 0.205 e. The van der Waals surface area contributed by atoms with Crippen LogP contribution in [0.5, 0.6) is 0 Å². The van der Waals surface area contributed by atoms with Gasteiger partial charge < -0.3 is 5.32 Å². The molecule has 2 rings (SSSR count). The van der Waals surface area contributed by atoms with Crippen molar-refractivity contribution in [1.82, 2.24) is 10.2 Å². The Morgan fingerprint density at radius 1 is 1.11 bits per heavy atom. The molecule has 0 aliphatic carbocycles. The minimum Gasteiger partial charge on any atom is -0.356 e. The zero-order chi connectivity index (χ0) is 13.1. The Labute approximate surface area is 112 Å². The van der Waals surface area contributed by atoms with Gasteiger partial charge in [0.2, 0.25) is 5.13 Å². The first-order valence-corrected chi connectivity index (χ1v) is 7.04. The Kier molecular flexibility index (Phi) is 3.97. The number of nitrogens with one attached hydrogen (secondary N) is 1. The van der Waals surface area contributed by atoms with Gasteiger partial charge in [0.25, 0.3) is 0 Å². The van der Waals surface area contributed by atoms with Crippen LogP contribution >= 0.6 is 11.3 Å². The van der Waals surface area contributed by atoms with Crippen molar-refractivity contribution in [1.29, 1.82) is 0 Å². The zero-order valence-corrected chi connectivity index (χ0v) is 12.2. The van der Waals surface area contributed by atoms with E-state index in [0.717, 1.165) is 23.1 Å². The average molecular weight is 261 g/mol. The second-order valence-electron chi connectivity index (χ2n) is 4.59. The number of hydrogen-bond donors (Lipinski definition) is 1. The lowest BCUT2D eigenvalue weighted by Crippen LogP contribution is -2.03. The predicted octanol–water partition coefficient (Wildman–Crippen LogP) is 3.64. The molecule has 0 aliphatic heterocycles. The fourth-order valence-electron chi connectivity index (χ4n) is 2.12. The summed E-state index contributed by atoms with van der Waals surface area (Å²) in [6, 6.07) is 4.45. The van der Waals surface area contributed by atoms with E-state index in [2.05, 4.69) is 55.3 Å². The molecule has 0 unspecified atom stereocenters. The third-order valence-electron chi connectivity index (χ3n) is 3.03. The van der Waals surface area contributed by atoms with Crippen LogP contribution in [-0.4, -0.2) is 10.2 Å². The Hall–Kier alpha value is -1.42. The minimum absolute atomic E-state index is 0.816. The quantitative estimate of drug-likeness (QED) is 0.913. The summed E-state index contributed by atoms with van der Waals surface area (Å²) < 4.78 is 0. The van der Waals surface area contributed by atoms with Gasteiger partial charge in [-0.15, -0.1) is 10.2 Å². The Morgan fingerprint density at radius 2 is 1.78 bits per heavy atom. The topological polar surface area (TPSA) is 37.8 Å². The standard InChI is InChI=1S/C14H19N3S/c1-5-13-16-17-14(18-13)15-8-12-10(3)6-9(2)7-11(12)4/h6-7H,5,8H2,1-4H3,(H,15,17). The molecule has 1 heterocycles. The van der Waals surface area contributed by atoms with Crippen LogP contribution in [-0.2, 0) is 13.0 Å². The van der Waals surface area contributed by atoms with E-state index >= 15 is 0 Å². The van der Waals surface area contributed by atoms with Gasteiger partial charge in [-0.05, 0) is 43.9 Å². The van der Waals surface area contributed by atoms with Crippen LogP contribution in [0.15, 0.2) is 12.1 Å². The number of hydrogen-bond acceptors (Lipinski definition) is 4.